The second-order valence-corrected chi connectivity index (χ2v) is 18.7. The molecule has 2 aromatic heterocycles. The largest absolute Gasteiger partial charge is 3.00 e. The molecule has 361 valence electrons. The van der Waals surface area contributed by atoms with Crippen molar-refractivity contribution in [3.63, 3.8) is 0 Å². The summed E-state index contributed by atoms with van der Waals surface area (Å²) in [7, 11) is 0. The van der Waals surface area contributed by atoms with Gasteiger partial charge < -0.3 is 10.2 Å². The van der Waals surface area contributed by atoms with Gasteiger partial charge in [0.15, 0.2) is 0 Å². The van der Waals surface area contributed by atoms with E-state index in [9.17, 15) is 10.2 Å². The minimum Gasteiger partial charge on any atom is -0.872 e. The molecule has 0 bridgehead atoms. The Morgan fingerprint density at radius 3 is 1.04 bits per heavy atom. The number of pyridine rings is 2. The molecule has 0 spiro atoms. The molecule has 0 saturated heterocycles. The maximum atomic E-state index is 11.7. The Balaban J connectivity index is 0.000000190. The van der Waals surface area contributed by atoms with E-state index in [1.54, 1.807) is 49.1 Å². The van der Waals surface area contributed by atoms with Crippen molar-refractivity contribution in [3.8, 4) is 11.5 Å². The molecule has 6 nitrogen and oxygen atoms in total. The number of aromatic nitrogens is 2. The zero-order valence-electron chi connectivity index (χ0n) is 38.3. The van der Waals surface area contributed by atoms with Crippen LogP contribution in [0.25, 0.3) is 21.8 Å². The minimum atomic E-state index is -1.22. The monoisotopic (exact) mass is 1190 g/mol. The summed E-state index contributed by atoms with van der Waals surface area (Å²) in [5.74, 6) is -0.102. The van der Waals surface area contributed by atoms with E-state index >= 15 is 0 Å². The molecule has 1 radical (unpaired) electrons. The molecular weight excluding hydrogens is 1150 g/mol. The Hall–Kier alpha value is -5.78. The van der Waals surface area contributed by atoms with Crippen molar-refractivity contribution in [2.45, 2.75) is 0 Å². The molecule has 0 aliphatic carbocycles. The average molecular weight is 1200 g/mol. The van der Waals surface area contributed by atoms with Crippen LogP contribution in [0.4, 0.5) is 11.4 Å². The van der Waals surface area contributed by atoms with Crippen LogP contribution >= 0.6 is 78.3 Å². The number of halogens is 6. The van der Waals surface area contributed by atoms with Crippen LogP contribution in [0, 0.1) is 0 Å². The standard InChI is InChI=1S/C24H20B.2C16H11BrN2O.2CH2Cl2.Fe/c1-5-13-21(14-6-1)25(22-15-7-2-8-16-22,23-17-9-3-10-18-23)24-19-11-4-12-20-24;2*17-13-6-7-15(20)12(9-13)10-19-14-5-1-3-11-4-2-8-18-16(11)14;2*2-1-3;/h1-20H;2*1-10,20H;2*1H2;/q-1;;;;;+3/p-2. The maximum absolute atomic E-state index is 11.7. The first-order chi connectivity index (χ1) is 34.7. The van der Waals surface area contributed by atoms with E-state index in [2.05, 4.69) is 173 Å². The topological polar surface area (TPSA) is 96.6 Å². The van der Waals surface area contributed by atoms with E-state index < -0.39 is 6.15 Å². The summed E-state index contributed by atoms with van der Waals surface area (Å²) in [5.41, 5.74) is 9.61. The Morgan fingerprint density at radius 1 is 0.417 bits per heavy atom. The van der Waals surface area contributed by atoms with Crippen molar-refractivity contribution in [1.29, 1.82) is 0 Å². The predicted molar refractivity (Wildman–Crippen MR) is 308 cm³/mol. The zero-order valence-corrected chi connectivity index (χ0v) is 45.6. The van der Waals surface area contributed by atoms with E-state index in [4.69, 9.17) is 46.4 Å². The number of nitrogens with zero attached hydrogens (tertiary/aromatic N) is 4. The predicted octanol–water partition coefficient (Wildman–Crippen LogP) is 13.5. The molecule has 72 heavy (non-hydrogen) atoms. The van der Waals surface area contributed by atoms with Gasteiger partial charge in [0.05, 0.1) is 33.1 Å². The van der Waals surface area contributed by atoms with Crippen molar-refractivity contribution in [1.82, 2.24) is 9.97 Å². The summed E-state index contributed by atoms with van der Waals surface area (Å²) in [6.07, 6.45) is 5.42. The van der Waals surface area contributed by atoms with Crippen molar-refractivity contribution in [3.05, 3.63) is 251 Å². The van der Waals surface area contributed by atoms with Crippen LogP contribution in [-0.4, -0.2) is 39.2 Å². The SMILES string of the molecule is ClCCl.ClCCl.[Fe+3].[O-]c1ccc(Br)cc1C=Nc1cccc2cccnc12.[O-]c1ccc(Br)cc1C=Nc1cccc2cccnc12.c1ccc([B-](c2ccccc2)(c2ccccc2)c2ccccc2)cc1. The molecule has 0 amide bonds. The Bertz CT molecular complexity index is 2970. The molecule has 0 N–H and O–H groups in total. The van der Waals surface area contributed by atoms with Crippen LogP contribution in [0.3, 0.4) is 0 Å². The first-order valence-electron chi connectivity index (χ1n) is 22.0. The molecule has 0 fully saturated rings. The third kappa shape index (κ3) is 15.6. The van der Waals surface area contributed by atoms with E-state index in [1.165, 1.54) is 34.0 Å². The summed E-state index contributed by atoms with van der Waals surface area (Å²) in [6, 6.07) is 72.9. The number of hydrogen-bond donors (Lipinski definition) is 0. The van der Waals surface area contributed by atoms with E-state index in [-0.39, 0.29) is 39.2 Å². The van der Waals surface area contributed by atoms with E-state index in [0.717, 1.165) is 42.1 Å². The number of rotatable bonds is 8. The third-order valence-electron chi connectivity index (χ3n) is 11.1. The van der Waals surface area contributed by atoms with Gasteiger partial charge in [-0.1, -0.05) is 213 Å². The molecule has 10 rings (SSSR count). The number of benzene rings is 8. The van der Waals surface area contributed by atoms with Gasteiger partial charge in [-0.05, 0) is 59.7 Å². The van der Waals surface area contributed by atoms with Gasteiger partial charge in [0.25, 0.3) is 0 Å². The molecule has 0 unspecified atom stereocenters. The van der Waals surface area contributed by atoms with E-state index in [1.807, 2.05) is 60.7 Å². The van der Waals surface area contributed by atoms with Crippen molar-refractivity contribution >= 4 is 152 Å². The maximum Gasteiger partial charge on any atom is 3.00 e. The van der Waals surface area contributed by atoms with Gasteiger partial charge in [-0.3, -0.25) is 20.0 Å². The number of alkyl halides is 4. The van der Waals surface area contributed by atoms with Gasteiger partial charge in [0, 0.05) is 44.5 Å². The average Bonchev–Trinajstić information content (AvgIpc) is 3.41. The molecule has 0 aliphatic rings. The number of aliphatic imine (C=N–C) groups is 2. The van der Waals surface area contributed by atoms with Gasteiger partial charge >= 0.3 is 17.1 Å². The second-order valence-electron chi connectivity index (χ2n) is 15.3. The van der Waals surface area contributed by atoms with Crippen molar-refractivity contribution in [2.24, 2.45) is 9.98 Å². The first kappa shape index (κ1) is 57.1. The van der Waals surface area contributed by atoms with Gasteiger partial charge in [-0.15, -0.1) is 46.4 Å². The van der Waals surface area contributed by atoms with Crippen LogP contribution < -0.4 is 32.1 Å². The fraction of sp³-hybridized carbons (Fsp3) is 0.0345. The Kier molecular flexibility index (Phi) is 24.0. The van der Waals surface area contributed by atoms with Gasteiger partial charge in [-0.25, -0.2) is 0 Å². The van der Waals surface area contributed by atoms with Crippen molar-refractivity contribution in [2.75, 3.05) is 10.7 Å². The van der Waals surface area contributed by atoms with Crippen LogP contribution in [0.15, 0.2) is 250 Å². The van der Waals surface area contributed by atoms with Gasteiger partial charge in [0.1, 0.15) is 6.15 Å². The molecule has 0 aliphatic heterocycles. The number of para-hydroxylation sites is 2. The summed E-state index contributed by atoms with van der Waals surface area (Å²) in [6.45, 7) is 0. The quantitative estimate of drug-likeness (QED) is 0.0860. The second kappa shape index (κ2) is 30.3. The molecule has 14 heteroatoms. The first-order valence-corrected chi connectivity index (χ1v) is 25.8. The van der Waals surface area contributed by atoms with Gasteiger partial charge in [-0.2, -0.15) is 21.9 Å². The molecule has 0 saturated carbocycles. The summed E-state index contributed by atoms with van der Waals surface area (Å²) < 4.78 is 1.71. The summed E-state index contributed by atoms with van der Waals surface area (Å²) in [4.78, 5) is 17.5. The minimum absolute atomic E-state index is 0. The molecule has 10 aromatic rings. The fourth-order valence-corrected chi connectivity index (χ4v) is 8.78. The fourth-order valence-electron chi connectivity index (χ4n) is 8.02. The molecule has 8 aromatic carbocycles. The van der Waals surface area contributed by atoms with Gasteiger partial charge in [0.2, 0.25) is 0 Å². The Labute approximate surface area is 468 Å². The van der Waals surface area contributed by atoms with Crippen LogP contribution in [-0.2, 0) is 17.1 Å². The summed E-state index contributed by atoms with van der Waals surface area (Å²) in [5, 5.41) is 25.9. The van der Waals surface area contributed by atoms with E-state index in [0.29, 0.717) is 11.1 Å². The smallest absolute Gasteiger partial charge is 0.872 e. The molecule has 2 heterocycles. The Morgan fingerprint density at radius 2 is 0.722 bits per heavy atom. The normalized spacial score (nSPS) is 10.6. The van der Waals surface area contributed by atoms with Crippen LogP contribution in [0.5, 0.6) is 11.5 Å². The summed E-state index contributed by atoms with van der Waals surface area (Å²) >= 11 is 25.8. The molecular formula is C58H44BBr2Cl4FeN4O2. The van der Waals surface area contributed by atoms with Crippen molar-refractivity contribution < 1.29 is 27.3 Å². The van der Waals surface area contributed by atoms with Crippen LogP contribution in [0.1, 0.15) is 11.1 Å². The number of hydrogen-bond acceptors (Lipinski definition) is 6. The third-order valence-corrected chi connectivity index (χ3v) is 12.0. The number of fused-ring (bicyclic) bond motifs is 2. The molecule has 0 atom stereocenters. The van der Waals surface area contributed by atoms with Crippen LogP contribution in [0.2, 0.25) is 0 Å². The zero-order chi connectivity index (χ0) is 50.3.